The number of amides is 1. The molecule has 0 unspecified atom stereocenters. The van der Waals surface area contributed by atoms with Crippen molar-refractivity contribution >= 4 is 5.91 Å². The molecular formula is C17H14F3NO2. The number of fused-ring (bicyclic) bond motifs is 1. The Hall–Kier alpha value is -2.34. The predicted molar refractivity (Wildman–Crippen MR) is 77.3 cm³/mol. The topological polar surface area (TPSA) is 49.3 Å². The summed E-state index contributed by atoms with van der Waals surface area (Å²) in [5.74, 6) is -0.546. The van der Waals surface area contributed by atoms with Crippen molar-refractivity contribution in [3.05, 3.63) is 70.3 Å². The van der Waals surface area contributed by atoms with E-state index in [0.29, 0.717) is 18.4 Å². The van der Waals surface area contributed by atoms with Crippen LogP contribution in [0.4, 0.5) is 13.2 Å². The number of alkyl halides is 3. The maximum absolute atomic E-state index is 12.6. The second-order valence-corrected chi connectivity index (χ2v) is 5.61. The Morgan fingerprint density at radius 1 is 1.09 bits per heavy atom. The van der Waals surface area contributed by atoms with Gasteiger partial charge in [0.2, 0.25) is 0 Å². The van der Waals surface area contributed by atoms with Gasteiger partial charge in [0.15, 0.2) is 0 Å². The molecule has 0 aromatic heterocycles. The summed E-state index contributed by atoms with van der Waals surface area (Å²) in [6, 6.07) is 10.4. The van der Waals surface area contributed by atoms with Crippen molar-refractivity contribution < 1.29 is 23.2 Å². The van der Waals surface area contributed by atoms with Crippen LogP contribution in [0.15, 0.2) is 42.5 Å². The molecule has 120 valence electrons. The van der Waals surface area contributed by atoms with Gasteiger partial charge in [-0.2, -0.15) is 13.2 Å². The zero-order valence-corrected chi connectivity index (χ0v) is 12.0. The molecule has 0 spiro atoms. The minimum Gasteiger partial charge on any atom is -0.288 e. The van der Waals surface area contributed by atoms with E-state index in [-0.39, 0.29) is 5.92 Å². The minimum atomic E-state index is -4.34. The van der Waals surface area contributed by atoms with Crippen molar-refractivity contribution in [2.75, 3.05) is 0 Å². The molecule has 2 N–H and O–H groups in total. The standard InChI is InChI=1S/C17H14F3NO2/c18-17(19,20)13-6-4-10(5-7-13)12-8-11-2-1-3-14(15(11)9-12)16(22)21-23/h1-7,12,23H,8-9H2,(H,21,22)/t12-/m1/s1. The molecule has 1 aliphatic rings. The number of halogens is 3. The quantitative estimate of drug-likeness (QED) is 0.654. The molecular weight excluding hydrogens is 307 g/mol. The van der Waals surface area contributed by atoms with Crippen LogP contribution in [0.1, 0.15) is 38.5 Å². The summed E-state index contributed by atoms with van der Waals surface area (Å²) in [6.45, 7) is 0. The molecule has 2 aromatic rings. The lowest BCUT2D eigenvalue weighted by Gasteiger charge is -2.12. The summed E-state index contributed by atoms with van der Waals surface area (Å²) in [6.07, 6.45) is -3.12. The summed E-state index contributed by atoms with van der Waals surface area (Å²) in [4.78, 5) is 11.7. The van der Waals surface area contributed by atoms with E-state index in [1.807, 2.05) is 6.07 Å². The molecule has 3 nitrogen and oxygen atoms in total. The van der Waals surface area contributed by atoms with E-state index in [9.17, 15) is 18.0 Å². The highest BCUT2D eigenvalue weighted by atomic mass is 19.4. The van der Waals surface area contributed by atoms with Crippen LogP contribution in [-0.4, -0.2) is 11.1 Å². The maximum Gasteiger partial charge on any atom is 0.416 e. The lowest BCUT2D eigenvalue weighted by atomic mass is 9.95. The van der Waals surface area contributed by atoms with E-state index in [1.165, 1.54) is 12.1 Å². The fourth-order valence-electron chi connectivity index (χ4n) is 3.10. The van der Waals surface area contributed by atoms with Crippen LogP contribution in [0.3, 0.4) is 0 Å². The van der Waals surface area contributed by atoms with Gasteiger partial charge < -0.3 is 0 Å². The van der Waals surface area contributed by atoms with Crippen LogP contribution >= 0.6 is 0 Å². The van der Waals surface area contributed by atoms with E-state index in [4.69, 9.17) is 5.21 Å². The molecule has 1 amide bonds. The first-order valence-corrected chi connectivity index (χ1v) is 7.12. The van der Waals surface area contributed by atoms with Gasteiger partial charge in [-0.3, -0.25) is 10.0 Å². The van der Waals surface area contributed by atoms with Gasteiger partial charge in [-0.15, -0.1) is 0 Å². The lowest BCUT2D eigenvalue weighted by molar-refractivity contribution is -0.137. The molecule has 0 aliphatic heterocycles. The molecule has 2 aromatic carbocycles. The maximum atomic E-state index is 12.6. The van der Waals surface area contributed by atoms with Gasteiger partial charge in [-0.25, -0.2) is 5.48 Å². The SMILES string of the molecule is O=C(NO)c1cccc2c1C[C@H](c1ccc(C(F)(F)F)cc1)C2. The van der Waals surface area contributed by atoms with Gasteiger partial charge in [0.25, 0.3) is 5.91 Å². The van der Waals surface area contributed by atoms with Gasteiger partial charge in [-0.1, -0.05) is 24.3 Å². The molecule has 0 fully saturated rings. The van der Waals surface area contributed by atoms with Crippen molar-refractivity contribution in [3.8, 4) is 0 Å². The number of nitrogens with one attached hydrogen (secondary N) is 1. The van der Waals surface area contributed by atoms with Crippen LogP contribution < -0.4 is 5.48 Å². The molecule has 3 rings (SSSR count). The molecule has 1 atom stereocenters. The normalized spacial score (nSPS) is 17.0. The summed E-state index contributed by atoms with van der Waals surface area (Å²) in [5, 5.41) is 8.80. The van der Waals surface area contributed by atoms with Crippen molar-refractivity contribution in [1.82, 2.24) is 5.48 Å². The Morgan fingerprint density at radius 2 is 1.78 bits per heavy atom. The van der Waals surface area contributed by atoms with Gasteiger partial charge in [0.05, 0.1) is 5.56 Å². The molecule has 23 heavy (non-hydrogen) atoms. The number of carbonyl (C=O) groups excluding carboxylic acids is 1. The van der Waals surface area contributed by atoms with Gasteiger partial charge in [-0.05, 0) is 53.6 Å². The van der Waals surface area contributed by atoms with Crippen LogP contribution in [0, 0.1) is 0 Å². The first kappa shape index (κ1) is 15.6. The Balaban J connectivity index is 1.86. The highest BCUT2D eigenvalue weighted by molar-refractivity contribution is 5.95. The van der Waals surface area contributed by atoms with Gasteiger partial charge in [0, 0.05) is 5.56 Å². The van der Waals surface area contributed by atoms with Crippen molar-refractivity contribution in [2.24, 2.45) is 0 Å². The van der Waals surface area contributed by atoms with E-state index >= 15 is 0 Å². The summed E-state index contributed by atoms with van der Waals surface area (Å²) in [7, 11) is 0. The van der Waals surface area contributed by atoms with Crippen LogP contribution in [-0.2, 0) is 19.0 Å². The monoisotopic (exact) mass is 321 g/mol. The second kappa shape index (κ2) is 5.70. The van der Waals surface area contributed by atoms with Crippen molar-refractivity contribution in [2.45, 2.75) is 24.9 Å². The van der Waals surface area contributed by atoms with Crippen LogP contribution in [0.2, 0.25) is 0 Å². The first-order valence-electron chi connectivity index (χ1n) is 7.12. The largest absolute Gasteiger partial charge is 0.416 e. The smallest absolute Gasteiger partial charge is 0.288 e. The van der Waals surface area contributed by atoms with Gasteiger partial charge in [0.1, 0.15) is 0 Å². The Bertz CT molecular complexity index is 738. The number of carbonyl (C=O) groups is 1. The number of hydrogen-bond donors (Lipinski definition) is 2. The third-order valence-electron chi connectivity index (χ3n) is 4.25. The Labute approximate surface area is 130 Å². The average molecular weight is 321 g/mol. The zero-order valence-electron chi connectivity index (χ0n) is 12.0. The molecule has 1 aliphatic carbocycles. The lowest BCUT2D eigenvalue weighted by Crippen LogP contribution is -2.20. The Kier molecular flexibility index (Phi) is 3.85. The molecule has 0 radical (unpaired) electrons. The van der Waals surface area contributed by atoms with Crippen LogP contribution in [0.5, 0.6) is 0 Å². The number of benzene rings is 2. The number of rotatable bonds is 2. The predicted octanol–water partition coefficient (Wildman–Crippen LogP) is 3.71. The van der Waals surface area contributed by atoms with Crippen LogP contribution in [0.25, 0.3) is 0 Å². The minimum absolute atomic E-state index is 0.0277. The van der Waals surface area contributed by atoms with E-state index in [1.54, 1.807) is 17.6 Å². The number of hydroxylamine groups is 1. The highest BCUT2D eigenvalue weighted by Crippen LogP contribution is 2.37. The Morgan fingerprint density at radius 3 is 2.39 bits per heavy atom. The third-order valence-corrected chi connectivity index (χ3v) is 4.25. The zero-order chi connectivity index (χ0) is 16.6. The number of hydrogen-bond acceptors (Lipinski definition) is 2. The second-order valence-electron chi connectivity index (χ2n) is 5.61. The molecule has 0 saturated heterocycles. The molecule has 0 heterocycles. The summed E-state index contributed by atoms with van der Waals surface area (Å²) >= 11 is 0. The fraction of sp³-hybridized carbons (Fsp3) is 0.235. The van der Waals surface area contributed by atoms with E-state index in [0.717, 1.165) is 28.8 Å². The average Bonchev–Trinajstić information content (AvgIpc) is 2.97. The molecule has 0 bridgehead atoms. The van der Waals surface area contributed by atoms with Gasteiger partial charge >= 0.3 is 6.18 Å². The molecule has 6 heteroatoms. The van der Waals surface area contributed by atoms with E-state index < -0.39 is 17.6 Å². The summed E-state index contributed by atoms with van der Waals surface area (Å²) in [5.41, 5.74) is 3.99. The van der Waals surface area contributed by atoms with Crippen molar-refractivity contribution in [3.63, 3.8) is 0 Å². The van der Waals surface area contributed by atoms with Crippen molar-refractivity contribution in [1.29, 1.82) is 0 Å². The third kappa shape index (κ3) is 2.94. The first-order chi connectivity index (χ1) is 10.9. The fourth-order valence-corrected chi connectivity index (χ4v) is 3.10. The molecule has 0 saturated carbocycles. The summed E-state index contributed by atoms with van der Waals surface area (Å²) < 4.78 is 37.9. The van der Waals surface area contributed by atoms with E-state index in [2.05, 4.69) is 0 Å². The highest BCUT2D eigenvalue weighted by Gasteiger charge is 2.31.